The maximum atomic E-state index is 12.8. The summed E-state index contributed by atoms with van der Waals surface area (Å²) in [7, 11) is 1.52. The minimum absolute atomic E-state index is 0.189. The molecule has 146 valence electrons. The van der Waals surface area contributed by atoms with Gasteiger partial charge in [0.1, 0.15) is 24.0 Å². The number of hydrogen-bond donors (Lipinski definition) is 1. The van der Waals surface area contributed by atoms with E-state index in [1.165, 1.54) is 24.2 Å². The van der Waals surface area contributed by atoms with Crippen molar-refractivity contribution in [3.05, 3.63) is 76.4 Å². The first kappa shape index (κ1) is 18.7. The van der Waals surface area contributed by atoms with E-state index >= 15 is 0 Å². The number of carbonyl (C=O) groups is 1. The Morgan fingerprint density at radius 2 is 1.93 bits per heavy atom. The Hall–Kier alpha value is -3.65. The van der Waals surface area contributed by atoms with Gasteiger partial charge in [-0.15, -0.1) is 0 Å². The molecule has 2 aromatic heterocycles. The number of methoxy groups -OCH3 is 1. The molecule has 29 heavy (non-hydrogen) atoms. The highest BCUT2D eigenvalue weighted by molar-refractivity contribution is 6.30. The molecule has 0 aliphatic carbocycles. The maximum absolute atomic E-state index is 12.8. The number of fused-ring (bicyclic) bond motifs is 1. The highest BCUT2D eigenvalue weighted by Crippen LogP contribution is 2.23. The van der Waals surface area contributed by atoms with Crippen LogP contribution in [0.2, 0.25) is 5.02 Å². The second-order valence-electron chi connectivity index (χ2n) is 6.20. The summed E-state index contributed by atoms with van der Waals surface area (Å²) in [6.45, 7) is -0.189. The molecule has 1 amide bonds. The third-order valence-corrected chi connectivity index (χ3v) is 4.57. The van der Waals surface area contributed by atoms with Gasteiger partial charge >= 0.3 is 0 Å². The molecule has 0 saturated heterocycles. The van der Waals surface area contributed by atoms with Crippen LogP contribution in [-0.4, -0.2) is 32.3 Å². The Kier molecular flexibility index (Phi) is 5.01. The molecule has 0 aliphatic rings. The molecule has 1 N–H and O–H groups in total. The van der Waals surface area contributed by atoms with Gasteiger partial charge < -0.3 is 10.1 Å². The highest BCUT2D eigenvalue weighted by Gasteiger charge is 2.14. The summed E-state index contributed by atoms with van der Waals surface area (Å²) in [5.41, 5.74) is 1.30. The lowest BCUT2D eigenvalue weighted by atomic mass is 10.3. The Morgan fingerprint density at radius 3 is 2.69 bits per heavy atom. The smallest absolute Gasteiger partial charge is 0.264 e. The van der Waals surface area contributed by atoms with Crippen molar-refractivity contribution < 1.29 is 9.53 Å². The van der Waals surface area contributed by atoms with Crippen LogP contribution >= 0.6 is 11.6 Å². The SMILES string of the molecule is COc1ccccc1NC(=O)Cn1cnc2c(cnn2-c2ccc(Cl)cc2)c1=O. The van der Waals surface area contributed by atoms with Crippen LogP contribution in [0.5, 0.6) is 5.75 Å². The summed E-state index contributed by atoms with van der Waals surface area (Å²) in [5, 5.41) is 7.90. The number of amides is 1. The fourth-order valence-corrected chi connectivity index (χ4v) is 3.05. The lowest BCUT2D eigenvalue weighted by Gasteiger charge is -2.10. The molecule has 0 radical (unpaired) electrons. The van der Waals surface area contributed by atoms with Crippen LogP contribution in [0.3, 0.4) is 0 Å². The van der Waals surface area contributed by atoms with Gasteiger partial charge in [0.15, 0.2) is 5.65 Å². The van der Waals surface area contributed by atoms with Crippen LogP contribution in [0.4, 0.5) is 5.69 Å². The highest BCUT2D eigenvalue weighted by atomic mass is 35.5. The quantitative estimate of drug-likeness (QED) is 0.547. The van der Waals surface area contributed by atoms with Crippen LogP contribution in [0.15, 0.2) is 65.8 Å². The number of ether oxygens (including phenoxy) is 1. The number of hydrogen-bond acceptors (Lipinski definition) is 5. The molecule has 9 heteroatoms. The first-order valence-electron chi connectivity index (χ1n) is 8.69. The molecule has 0 fully saturated rings. The summed E-state index contributed by atoms with van der Waals surface area (Å²) in [6.07, 6.45) is 2.77. The summed E-state index contributed by atoms with van der Waals surface area (Å²) in [4.78, 5) is 29.5. The van der Waals surface area contributed by atoms with Gasteiger partial charge in [0.05, 0.1) is 24.7 Å². The Morgan fingerprint density at radius 1 is 1.17 bits per heavy atom. The lowest BCUT2D eigenvalue weighted by Crippen LogP contribution is -2.28. The first-order chi connectivity index (χ1) is 14.1. The van der Waals surface area contributed by atoms with E-state index in [9.17, 15) is 9.59 Å². The van der Waals surface area contributed by atoms with Gasteiger partial charge in [-0.3, -0.25) is 14.2 Å². The average Bonchev–Trinajstić information content (AvgIpc) is 3.16. The van der Waals surface area contributed by atoms with Crippen molar-refractivity contribution in [2.75, 3.05) is 12.4 Å². The number of nitrogens with one attached hydrogen (secondary N) is 1. The molecular weight excluding hydrogens is 394 g/mol. The maximum Gasteiger partial charge on any atom is 0.264 e. The molecule has 2 heterocycles. The number of nitrogens with zero attached hydrogens (tertiary/aromatic N) is 4. The van der Waals surface area contributed by atoms with Gasteiger partial charge in [-0.25, -0.2) is 9.67 Å². The number of para-hydroxylation sites is 2. The van der Waals surface area contributed by atoms with Gasteiger partial charge in [-0.2, -0.15) is 5.10 Å². The summed E-state index contributed by atoms with van der Waals surface area (Å²) in [6, 6.07) is 14.1. The van der Waals surface area contributed by atoms with Crippen molar-refractivity contribution in [2.24, 2.45) is 0 Å². The van der Waals surface area contributed by atoms with Gasteiger partial charge in [0.25, 0.3) is 5.56 Å². The van der Waals surface area contributed by atoms with Crippen LogP contribution < -0.4 is 15.6 Å². The number of benzene rings is 2. The molecule has 2 aromatic carbocycles. The molecule has 0 aliphatic heterocycles. The molecule has 8 nitrogen and oxygen atoms in total. The molecule has 0 spiro atoms. The van der Waals surface area contributed by atoms with E-state index in [4.69, 9.17) is 16.3 Å². The Balaban J connectivity index is 1.60. The zero-order valence-electron chi connectivity index (χ0n) is 15.4. The van der Waals surface area contributed by atoms with Crippen LogP contribution in [0.1, 0.15) is 0 Å². The van der Waals surface area contributed by atoms with Gasteiger partial charge in [-0.05, 0) is 36.4 Å². The molecule has 0 unspecified atom stereocenters. The largest absolute Gasteiger partial charge is 0.495 e. The van der Waals surface area contributed by atoms with E-state index in [1.807, 2.05) is 0 Å². The van der Waals surface area contributed by atoms with E-state index in [1.54, 1.807) is 53.2 Å². The molecular formula is C20H16ClN5O3. The minimum atomic E-state index is -0.372. The predicted molar refractivity (Wildman–Crippen MR) is 110 cm³/mol. The third-order valence-electron chi connectivity index (χ3n) is 4.32. The van der Waals surface area contributed by atoms with Crippen molar-refractivity contribution in [2.45, 2.75) is 6.54 Å². The zero-order chi connectivity index (χ0) is 20.4. The van der Waals surface area contributed by atoms with Crippen molar-refractivity contribution >= 4 is 34.2 Å². The lowest BCUT2D eigenvalue weighted by molar-refractivity contribution is -0.116. The molecule has 0 bridgehead atoms. The van der Waals surface area contributed by atoms with E-state index in [2.05, 4.69) is 15.4 Å². The fraction of sp³-hybridized carbons (Fsp3) is 0.100. The topological polar surface area (TPSA) is 91.0 Å². The molecule has 4 aromatic rings. The summed E-state index contributed by atoms with van der Waals surface area (Å²) in [5.74, 6) is 0.161. The molecule has 0 atom stereocenters. The minimum Gasteiger partial charge on any atom is -0.495 e. The van der Waals surface area contributed by atoms with E-state index in [0.717, 1.165) is 5.69 Å². The van der Waals surface area contributed by atoms with Crippen molar-refractivity contribution in [1.29, 1.82) is 0 Å². The number of rotatable bonds is 5. The van der Waals surface area contributed by atoms with E-state index in [-0.39, 0.29) is 18.0 Å². The van der Waals surface area contributed by atoms with Crippen LogP contribution in [0.25, 0.3) is 16.7 Å². The number of aromatic nitrogens is 4. The first-order valence-corrected chi connectivity index (χ1v) is 9.06. The second-order valence-corrected chi connectivity index (χ2v) is 6.63. The Bertz CT molecular complexity index is 1250. The van der Waals surface area contributed by atoms with Crippen molar-refractivity contribution in [3.63, 3.8) is 0 Å². The van der Waals surface area contributed by atoms with E-state index in [0.29, 0.717) is 27.5 Å². The van der Waals surface area contributed by atoms with Gasteiger partial charge in [0.2, 0.25) is 5.91 Å². The van der Waals surface area contributed by atoms with Gasteiger partial charge in [-0.1, -0.05) is 23.7 Å². The van der Waals surface area contributed by atoms with E-state index < -0.39 is 0 Å². The number of carbonyl (C=O) groups excluding carboxylic acids is 1. The van der Waals surface area contributed by atoms with Gasteiger partial charge in [0, 0.05) is 5.02 Å². The normalized spacial score (nSPS) is 10.8. The zero-order valence-corrected chi connectivity index (χ0v) is 16.1. The summed E-state index contributed by atoms with van der Waals surface area (Å²) < 4.78 is 8.00. The average molecular weight is 410 g/mol. The number of anilines is 1. The fourth-order valence-electron chi connectivity index (χ4n) is 2.92. The monoisotopic (exact) mass is 409 g/mol. The molecule has 4 rings (SSSR count). The second kappa shape index (κ2) is 7.76. The third kappa shape index (κ3) is 3.70. The standard InChI is InChI=1S/C20H16ClN5O3/c1-29-17-5-3-2-4-16(17)24-18(27)11-25-12-22-19-15(20(25)28)10-23-26(19)14-8-6-13(21)7-9-14/h2-10,12H,11H2,1H3,(H,24,27). The molecule has 0 saturated carbocycles. The van der Waals surface area contributed by atoms with Crippen LogP contribution in [-0.2, 0) is 11.3 Å². The van der Waals surface area contributed by atoms with Crippen molar-refractivity contribution in [3.8, 4) is 11.4 Å². The number of halogens is 1. The Labute approximate surface area is 170 Å². The van der Waals surface area contributed by atoms with Crippen LogP contribution in [0, 0.1) is 0 Å². The predicted octanol–water partition coefficient (Wildman–Crippen LogP) is 2.88. The van der Waals surface area contributed by atoms with Crippen molar-refractivity contribution in [1.82, 2.24) is 19.3 Å². The summed E-state index contributed by atoms with van der Waals surface area (Å²) >= 11 is 5.92.